The van der Waals surface area contributed by atoms with E-state index in [-0.39, 0.29) is 5.56 Å². The number of carbonyl (C=O) groups excluding carboxylic acids is 1. The Morgan fingerprint density at radius 3 is 2.58 bits per heavy atom. The predicted molar refractivity (Wildman–Crippen MR) is 80.5 cm³/mol. The summed E-state index contributed by atoms with van der Waals surface area (Å²) in [4.78, 5) is 27.3. The van der Waals surface area contributed by atoms with E-state index in [1.54, 1.807) is 30.0 Å². The van der Waals surface area contributed by atoms with E-state index in [9.17, 15) is 22.8 Å². The molecule has 0 radical (unpaired) electrons. The monoisotopic (exact) mass is 361 g/mol. The van der Waals surface area contributed by atoms with E-state index in [4.69, 9.17) is 5.11 Å². The lowest BCUT2D eigenvalue weighted by molar-refractivity contribution is -0.157. The molecule has 0 saturated carbocycles. The maximum atomic E-state index is 12.4. The zero-order valence-corrected chi connectivity index (χ0v) is 13.5. The van der Waals surface area contributed by atoms with E-state index in [0.29, 0.717) is 16.5 Å². The number of aryl methyl sites for hydroxylation is 1. The van der Waals surface area contributed by atoms with E-state index in [2.05, 4.69) is 4.98 Å². The van der Waals surface area contributed by atoms with Crippen LogP contribution in [0.3, 0.4) is 0 Å². The first kappa shape index (κ1) is 18.0. The average Bonchev–Trinajstić information content (AvgIpc) is 3.04. The molecule has 130 valence electrons. The number of alkyl halides is 3. The molecule has 2 aromatic rings. The van der Waals surface area contributed by atoms with Gasteiger partial charge in [-0.3, -0.25) is 9.36 Å². The van der Waals surface area contributed by atoms with Crippen LogP contribution in [0.25, 0.3) is 5.13 Å². The van der Waals surface area contributed by atoms with Gasteiger partial charge in [0.2, 0.25) is 0 Å². The first-order chi connectivity index (χ1) is 11.1. The van der Waals surface area contributed by atoms with Crippen LogP contribution in [-0.2, 0) is 4.79 Å². The summed E-state index contributed by atoms with van der Waals surface area (Å²) in [6.45, 7) is 3.33. The van der Waals surface area contributed by atoms with Crippen molar-refractivity contribution in [2.24, 2.45) is 0 Å². The molecule has 0 spiro atoms. The Balaban J connectivity index is 2.27. The predicted octanol–water partition coefficient (Wildman–Crippen LogP) is 2.69. The lowest BCUT2D eigenvalue weighted by atomic mass is 10.1. The number of carboxylic acids is 1. The second kappa shape index (κ2) is 6.63. The molecule has 0 aliphatic heterocycles. The van der Waals surface area contributed by atoms with Crippen molar-refractivity contribution in [3.8, 4) is 5.13 Å². The molecule has 0 saturated heterocycles. The van der Waals surface area contributed by atoms with E-state index in [0.717, 1.165) is 0 Å². The number of thiazole rings is 1. The van der Waals surface area contributed by atoms with Gasteiger partial charge in [-0.15, -0.1) is 11.3 Å². The van der Waals surface area contributed by atoms with E-state index < -0.39 is 30.5 Å². The van der Waals surface area contributed by atoms with Crippen molar-refractivity contribution in [2.45, 2.75) is 32.5 Å². The van der Waals surface area contributed by atoms with Crippen LogP contribution in [0.4, 0.5) is 13.2 Å². The number of carbonyl (C=O) groups is 2. The summed E-state index contributed by atoms with van der Waals surface area (Å²) in [5, 5.41) is 13.2. The highest BCUT2D eigenvalue weighted by Gasteiger charge is 2.36. The van der Waals surface area contributed by atoms with Gasteiger partial charge in [0.05, 0.1) is 12.0 Å². The summed E-state index contributed by atoms with van der Waals surface area (Å²) in [5.41, 5.74) is 1.24. The van der Waals surface area contributed by atoms with E-state index >= 15 is 0 Å². The number of aromatic nitrogens is 2. The molecule has 0 fully saturated rings. The van der Waals surface area contributed by atoms with Crippen LogP contribution < -0.4 is 5.32 Å². The Morgan fingerprint density at radius 2 is 2.08 bits per heavy atom. The van der Waals surface area contributed by atoms with Crippen molar-refractivity contribution >= 4 is 23.2 Å². The summed E-state index contributed by atoms with van der Waals surface area (Å²) in [6.07, 6.45) is -4.75. The third kappa shape index (κ3) is 3.94. The summed E-state index contributed by atoms with van der Waals surface area (Å²) >= 11 is 1.33. The van der Waals surface area contributed by atoms with Crippen LogP contribution in [0.5, 0.6) is 0 Å². The van der Waals surface area contributed by atoms with Gasteiger partial charge in [0, 0.05) is 23.0 Å². The number of hydrogen-bond acceptors (Lipinski definition) is 4. The van der Waals surface area contributed by atoms with Gasteiger partial charge in [-0.2, -0.15) is 13.2 Å². The fraction of sp³-hybridized carbons (Fsp3) is 0.357. The van der Waals surface area contributed by atoms with Crippen molar-refractivity contribution in [2.75, 3.05) is 0 Å². The number of carboxylic acid groups (broad SMARTS) is 1. The second-order valence-corrected chi connectivity index (χ2v) is 5.99. The molecule has 6 nitrogen and oxygen atoms in total. The fourth-order valence-electron chi connectivity index (χ4n) is 2.28. The van der Waals surface area contributed by atoms with Crippen molar-refractivity contribution in [3.63, 3.8) is 0 Å². The third-order valence-electron chi connectivity index (χ3n) is 3.33. The Kier molecular flexibility index (Phi) is 4.97. The highest BCUT2D eigenvalue weighted by Crippen LogP contribution is 2.24. The largest absolute Gasteiger partial charge is 0.480 e. The molecule has 0 aliphatic carbocycles. The van der Waals surface area contributed by atoms with Gasteiger partial charge in [-0.1, -0.05) is 0 Å². The molecule has 2 heterocycles. The second-order valence-electron chi connectivity index (χ2n) is 5.12. The van der Waals surface area contributed by atoms with Gasteiger partial charge in [0.15, 0.2) is 5.13 Å². The minimum atomic E-state index is -4.70. The number of rotatable bonds is 5. The average molecular weight is 361 g/mol. The SMILES string of the molecule is Cc1cc(C(=O)NC(CC(F)(F)F)C(=O)O)c(C)n1-c1nccs1. The zero-order valence-electron chi connectivity index (χ0n) is 12.7. The number of nitrogens with one attached hydrogen (secondary N) is 1. The fourth-order valence-corrected chi connectivity index (χ4v) is 3.03. The summed E-state index contributed by atoms with van der Waals surface area (Å²) in [6, 6.07) is -0.557. The smallest absolute Gasteiger partial charge is 0.391 e. The van der Waals surface area contributed by atoms with Crippen LogP contribution >= 0.6 is 11.3 Å². The number of nitrogens with zero attached hydrogens (tertiary/aromatic N) is 2. The Labute approximate surface area is 138 Å². The molecule has 0 aliphatic rings. The molecule has 2 aromatic heterocycles. The Bertz CT molecular complexity index is 753. The maximum Gasteiger partial charge on any atom is 0.391 e. The highest BCUT2D eigenvalue weighted by molar-refractivity contribution is 7.12. The summed E-state index contributed by atoms with van der Waals surface area (Å²) in [5.74, 6) is -2.61. The molecule has 10 heteroatoms. The molecule has 2 rings (SSSR count). The van der Waals surface area contributed by atoms with Crippen LogP contribution in [0.2, 0.25) is 0 Å². The van der Waals surface area contributed by atoms with Crippen LogP contribution in [0.15, 0.2) is 17.6 Å². The van der Waals surface area contributed by atoms with Gasteiger partial charge in [0.1, 0.15) is 6.04 Å². The van der Waals surface area contributed by atoms with Gasteiger partial charge >= 0.3 is 12.1 Å². The standard InChI is InChI=1S/C14H14F3N3O3S/c1-7-5-9(8(2)20(7)13-18-3-4-24-13)11(21)19-10(12(22)23)6-14(15,16)17/h3-5,10H,6H2,1-2H3,(H,19,21)(H,22,23). The van der Waals surface area contributed by atoms with E-state index in [1.165, 1.54) is 17.4 Å². The molecule has 1 amide bonds. The Morgan fingerprint density at radius 1 is 1.42 bits per heavy atom. The molecule has 0 bridgehead atoms. The molecule has 24 heavy (non-hydrogen) atoms. The third-order valence-corrected chi connectivity index (χ3v) is 4.08. The zero-order chi connectivity index (χ0) is 18.1. The van der Waals surface area contributed by atoms with Crippen molar-refractivity contribution in [3.05, 3.63) is 34.6 Å². The molecule has 1 atom stereocenters. The lowest BCUT2D eigenvalue weighted by Crippen LogP contribution is -2.43. The summed E-state index contributed by atoms with van der Waals surface area (Å²) < 4.78 is 39.0. The number of aliphatic carboxylic acids is 1. The molecular weight excluding hydrogens is 347 g/mol. The van der Waals surface area contributed by atoms with Crippen molar-refractivity contribution < 1.29 is 27.9 Å². The van der Waals surface area contributed by atoms with Crippen molar-refractivity contribution in [1.29, 1.82) is 0 Å². The van der Waals surface area contributed by atoms with Gasteiger partial charge in [-0.05, 0) is 19.9 Å². The van der Waals surface area contributed by atoms with Crippen LogP contribution in [-0.4, -0.2) is 38.8 Å². The van der Waals surface area contributed by atoms with Crippen molar-refractivity contribution in [1.82, 2.24) is 14.9 Å². The number of hydrogen-bond donors (Lipinski definition) is 2. The van der Waals surface area contributed by atoms with Crippen LogP contribution in [0.1, 0.15) is 28.2 Å². The maximum absolute atomic E-state index is 12.4. The molecule has 1 unspecified atom stereocenters. The highest BCUT2D eigenvalue weighted by atomic mass is 32.1. The minimum Gasteiger partial charge on any atom is -0.480 e. The topological polar surface area (TPSA) is 84.2 Å². The molecular formula is C14H14F3N3O3S. The van der Waals surface area contributed by atoms with Gasteiger partial charge < -0.3 is 10.4 Å². The quantitative estimate of drug-likeness (QED) is 0.858. The Hall–Kier alpha value is -2.36. The normalized spacial score (nSPS) is 12.9. The van der Waals surface area contributed by atoms with Gasteiger partial charge in [0.25, 0.3) is 5.91 Å². The first-order valence-electron chi connectivity index (χ1n) is 6.79. The molecule has 0 aromatic carbocycles. The van der Waals surface area contributed by atoms with Gasteiger partial charge in [-0.25, -0.2) is 9.78 Å². The number of amides is 1. The first-order valence-corrected chi connectivity index (χ1v) is 7.67. The number of halogens is 3. The summed E-state index contributed by atoms with van der Waals surface area (Å²) in [7, 11) is 0. The van der Waals surface area contributed by atoms with E-state index in [1.807, 2.05) is 5.32 Å². The molecule has 2 N–H and O–H groups in total. The minimum absolute atomic E-state index is 0.108. The van der Waals surface area contributed by atoms with Crippen LogP contribution in [0, 0.1) is 13.8 Å². The lowest BCUT2D eigenvalue weighted by Gasteiger charge is -2.16.